The maximum atomic E-state index is 12.6. The van der Waals surface area contributed by atoms with E-state index in [9.17, 15) is 13.2 Å². The second-order valence-corrected chi connectivity index (χ2v) is 8.65. The highest BCUT2D eigenvalue weighted by Crippen LogP contribution is 2.25. The molecule has 25 heavy (non-hydrogen) atoms. The molecule has 2 atom stereocenters. The van der Waals surface area contributed by atoms with E-state index in [2.05, 4.69) is 5.32 Å². The summed E-state index contributed by atoms with van der Waals surface area (Å²) in [5.74, 6) is 0.0533. The number of amides is 1. The fourth-order valence-corrected chi connectivity index (χ4v) is 4.42. The van der Waals surface area contributed by atoms with E-state index >= 15 is 0 Å². The van der Waals surface area contributed by atoms with Gasteiger partial charge in [-0.25, -0.2) is 8.42 Å². The van der Waals surface area contributed by atoms with Gasteiger partial charge in [0.25, 0.3) is 5.91 Å². The van der Waals surface area contributed by atoms with Gasteiger partial charge in [-0.1, -0.05) is 12.5 Å². The molecule has 1 aromatic rings. The molecule has 1 amide bonds. The third-order valence-corrected chi connectivity index (χ3v) is 6.81. The summed E-state index contributed by atoms with van der Waals surface area (Å²) in [4.78, 5) is 12.6. The Balaban J connectivity index is 0.00000312. The zero-order chi connectivity index (χ0) is 17.9. The van der Waals surface area contributed by atoms with Gasteiger partial charge in [0.05, 0.1) is 4.90 Å². The summed E-state index contributed by atoms with van der Waals surface area (Å²) in [5.41, 5.74) is 6.10. The molecule has 2 unspecified atom stereocenters. The highest BCUT2D eigenvalue weighted by Gasteiger charge is 2.28. The van der Waals surface area contributed by atoms with Crippen LogP contribution < -0.4 is 11.1 Å². The van der Waals surface area contributed by atoms with Crippen LogP contribution in [0, 0.1) is 5.92 Å². The predicted molar refractivity (Wildman–Crippen MR) is 101 cm³/mol. The molecule has 1 aliphatic carbocycles. The van der Waals surface area contributed by atoms with Gasteiger partial charge in [0, 0.05) is 24.7 Å². The second kappa shape index (κ2) is 8.98. The minimum atomic E-state index is -3.60. The monoisotopic (exact) mass is 389 g/mol. The van der Waals surface area contributed by atoms with E-state index in [0.29, 0.717) is 18.0 Å². The van der Waals surface area contributed by atoms with E-state index in [4.69, 9.17) is 5.73 Å². The maximum Gasteiger partial charge on any atom is 0.251 e. The predicted octanol–water partition coefficient (Wildman–Crippen LogP) is 1.99. The van der Waals surface area contributed by atoms with Gasteiger partial charge >= 0.3 is 0 Å². The fraction of sp³-hybridized carbons (Fsp3) is 0.588. The van der Waals surface area contributed by atoms with Crippen molar-refractivity contribution in [2.75, 3.05) is 13.6 Å². The second-order valence-electron chi connectivity index (χ2n) is 6.65. The third-order valence-electron chi connectivity index (χ3n) is 4.78. The molecule has 1 aromatic carbocycles. The molecule has 6 nitrogen and oxygen atoms in total. The van der Waals surface area contributed by atoms with Gasteiger partial charge in [-0.2, -0.15) is 4.31 Å². The van der Waals surface area contributed by atoms with Gasteiger partial charge in [-0.05, 0) is 57.4 Å². The summed E-state index contributed by atoms with van der Waals surface area (Å²) in [6.07, 6.45) is 3.00. The molecule has 8 heteroatoms. The maximum absolute atomic E-state index is 12.6. The van der Waals surface area contributed by atoms with E-state index in [1.165, 1.54) is 23.5 Å². The van der Waals surface area contributed by atoms with Gasteiger partial charge in [0.2, 0.25) is 10.0 Å². The Bertz CT molecular complexity index is 694. The van der Waals surface area contributed by atoms with E-state index in [1.54, 1.807) is 26.0 Å². The van der Waals surface area contributed by atoms with Crippen LogP contribution in [0.1, 0.15) is 43.5 Å². The molecule has 1 fully saturated rings. The Morgan fingerprint density at radius 3 is 2.64 bits per heavy atom. The van der Waals surface area contributed by atoms with Crippen LogP contribution in [0.4, 0.5) is 0 Å². The number of sulfonamides is 1. The quantitative estimate of drug-likeness (QED) is 0.778. The first kappa shape index (κ1) is 21.9. The lowest BCUT2D eigenvalue weighted by molar-refractivity contribution is 0.0928. The number of carbonyl (C=O) groups excluding carboxylic acids is 1. The van der Waals surface area contributed by atoms with Crippen LogP contribution in [-0.4, -0.2) is 44.3 Å². The first-order chi connectivity index (χ1) is 11.3. The van der Waals surface area contributed by atoms with Crippen molar-refractivity contribution in [1.29, 1.82) is 0 Å². The summed E-state index contributed by atoms with van der Waals surface area (Å²) >= 11 is 0. The molecule has 0 radical (unpaired) electrons. The summed E-state index contributed by atoms with van der Waals surface area (Å²) in [6, 6.07) is 6.11. The van der Waals surface area contributed by atoms with Crippen molar-refractivity contribution in [3.05, 3.63) is 29.8 Å². The number of rotatable bonds is 6. The number of nitrogens with one attached hydrogen (secondary N) is 1. The Hall–Kier alpha value is -1.15. The molecule has 1 saturated carbocycles. The molecule has 2 rings (SSSR count). The minimum Gasteiger partial charge on any atom is -0.349 e. The van der Waals surface area contributed by atoms with E-state index in [-0.39, 0.29) is 35.3 Å². The lowest BCUT2D eigenvalue weighted by Gasteiger charge is -2.22. The van der Waals surface area contributed by atoms with Crippen molar-refractivity contribution in [3.63, 3.8) is 0 Å². The van der Waals surface area contributed by atoms with Gasteiger partial charge in [-0.15, -0.1) is 12.4 Å². The van der Waals surface area contributed by atoms with E-state index in [1.807, 2.05) is 0 Å². The Labute approximate surface area is 156 Å². The molecule has 142 valence electrons. The zero-order valence-electron chi connectivity index (χ0n) is 14.9. The van der Waals surface area contributed by atoms with E-state index in [0.717, 1.165) is 19.3 Å². The van der Waals surface area contributed by atoms with Gasteiger partial charge < -0.3 is 11.1 Å². The Morgan fingerprint density at radius 1 is 1.36 bits per heavy atom. The molecular weight excluding hydrogens is 362 g/mol. The highest BCUT2D eigenvalue weighted by atomic mass is 35.5. The van der Waals surface area contributed by atoms with Crippen LogP contribution in [0.25, 0.3) is 0 Å². The Morgan fingerprint density at radius 2 is 2.04 bits per heavy atom. The van der Waals surface area contributed by atoms with Crippen LogP contribution in [0.3, 0.4) is 0 Å². The van der Waals surface area contributed by atoms with Crippen LogP contribution in [0.2, 0.25) is 0 Å². The Kier molecular flexibility index (Phi) is 7.87. The van der Waals surface area contributed by atoms with Gasteiger partial charge in [0.15, 0.2) is 0 Å². The number of nitrogens with zero attached hydrogens (tertiary/aromatic N) is 1. The van der Waals surface area contributed by atoms with Gasteiger partial charge in [-0.3, -0.25) is 4.79 Å². The molecule has 1 aliphatic rings. The molecular formula is C17H28ClN3O3S. The van der Waals surface area contributed by atoms with Gasteiger partial charge in [0.1, 0.15) is 0 Å². The number of nitrogens with two attached hydrogens (primary N) is 1. The van der Waals surface area contributed by atoms with Crippen molar-refractivity contribution in [1.82, 2.24) is 9.62 Å². The number of hydrogen-bond acceptors (Lipinski definition) is 4. The summed E-state index contributed by atoms with van der Waals surface area (Å²) in [5, 5.41) is 3.00. The van der Waals surface area contributed by atoms with Crippen molar-refractivity contribution in [3.8, 4) is 0 Å². The zero-order valence-corrected chi connectivity index (χ0v) is 16.6. The third kappa shape index (κ3) is 4.94. The summed E-state index contributed by atoms with van der Waals surface area (Å²) in [6.45, 7) is 4.17. The van der Waals surface area contributed by atoms with Crippen molar-refractivity contribution in [2.45, 2.75) is 50.1 Å². The number of halogens is 1. The summed E-state index contributed by atoms with van der Waals surface area (Å²) < 4.78 is 26.4. The largest absolute Gasteiger partial charge is 0.349 e. The van der Waals surface area contributed by atoms with E-state index < -0.39 is 10.0 Å². The SMILES string of the molecule is CC(C)N(C)S(=O)(=O)c1cccc(C(=O)NC2CCCC2CN)c1.Cl. The highest BCUT2D eigenvalue weighted by molar-refractivity contribution is 7.89. The van der Waals surface area contributed by atoms with Crippen LogP contribution in [-0.2, 0) is 10.0 Å². The molecule has 0 saturated heterocycles. The topological polar surface area (TPSA) is 92.5 Å². The first-order valence-electron chi connectivity index (χ1n) is 8.36. The van der Waals surface area contributed by atoms with Crippen molar-refractivity contribution in [2.24, 2.45) is 11.7 Å². The smallest absolute Gasteiger partial charge is 0.251 e. The van der Waals surface area contributed by atoms with Crippen LogP contribution in [0.5, 0.6) is 0 Å². The molecule has 3 N–H and O–H groups in total. The number of hydrogen-bond donors (Lipinski definition) is 2. The lowest BCUT2D eigenvalue weighted by Crippen LogP contribution is -2.40. The first-order valence-corrected chi connectivity index (χ1v) is 9.80. The normalized spacial score (nSPS) is 20.6. The molecule has 0 bridgehead atoms. The van der Waals surface area contributed by atoms with Crippen molar-refractivity contribution < 1.29 is 13.2 Å². The fourth-order valence-electron chi connectivity index (χ4n) is 3.00. The lowest BCUT2D eigenvalue weighted by atomic mass is 10.0. The molecule has 0 spiro atoms. The number of benzene rings is 1. The van der Waals surface area contributed by atoms with Crippen LogP contribution >= 0.6 is 12.4 Å². The minimum absolute atomic E-state index is 0. The molecule has 0 aliphatic heterocycles. The summed E-state index contributed by atoms with van der Waals surface area (Å²) in [7, 11) is -2.06. The average Bonchev–Trinajstić information content (AvgIpc) is 3.01. The molecule has 0 aromatic heterocycles. The molecule has 0 heterocycles. The average molecular weight is 390 g/mol. The van der Waals surface area contributed by atoms with Crippen molar-refractivity contribution >= 4 is 28.3 Å². The standard InChI is InChI=1S/C17H27N3O3S.ClH/c1-12(2)20(3)24(22,23)15-8-4-6-13(10-15)17(21)19-16-9-5-7-14(16)11-18;/h4,6,8,10,12,14,16H,5,7,9,11,18H2,1-3H3,(H,19,21);1H. The number of carbonyl (C=O) groups is 1. The van der Waals surface area contributed by atoms with Crippen LogP contribution in [0.15, 0.2) is 29.2 Å².